The molecule has 0 bridgehead atoms. The molecule has 0 radical (unpaired) electrons. The second-order valence-electron chi connectivity index (χ2n) is 6.06. The fourth-order valence-corrected chi connectivity index (χ4v) is 2.24. The highest BCUT2D eigenvalue weighted by molar-refractivity contribution is 5.92. The number of carbonyl (C=O) groups is 2. The van der Waals surface area contributed by atoms with Crippen molar-refractivity contribution in [1.29, 1.82) is 0 Å². The normalized spacial score (nSPS) is 19.2. The molecule has 108 valence electrons. The van der Waals surface area contributed by atoms with Crippen LogP contribution in [0.2, 0.25) is 0 Å². The standard InChI is InChI=1S/C15H20N2O3/c1-9-6-10(13(18)19)4-5-12(9)17-14(20)16-8-11-7-15(11,2)3/h4-6,11H,7-8H2,1-3H3,(H,18,19)(H2,16,17,20). The molecule has 0 aliphatic heterocycles. The fraction of sp³-hybridized carbons (Fsp3) is 0.467. The van der Waals surface area contributed by atoms with Crippen molar-refractivity contribution in [3.8, 4) is 0 Å². The highest BCUT2D eigenvalue weighted by atomic mass is 16.4. The van der Waals surface area contributed by atoms with Gasteiger partial charge in [-0.25, -0.2) is 9.59 Å². The van der Waals surface area contributed by atoms with Crippen LogP contribution in [0, 0.1) is 18.3 Å². The van der Waals surface area contributed by atoms with Gasteiger partial charge in [-0.05, 0) is 48.4 Å². The van der Waals surface area contributed by atoms with E-state index in [-0.39, 0.29) is 11.6 Å². The number of rotatable bonds is 4. The van der Waals surface area contributed by atoms with Crippen LogP contribution in [0.5, 0.6) is 0 Å². The lowest BCUT2D eigenvalue weighted by Crippen LogP contribution is -2.31. The zero-order valence-electron chi connectivity index (χ0n) is 12.0. The summed E-state index contributed by atoms with van der Waals surface area (Å²) in [5.41, 5.74) is 1.91. The summed E-state index contributed by atoms with van der Waals surface area (Å²) < 4.78 is 0. The average molecular weight is 276 g/mol. The summed E-state index contributed by atoms with van der Waals surface area (Å²) >= 11 is 0. The van der Waals surface area contributed by atoms with Crippen LogP contribution in [0.1, 0.15) is 36.2 Å². The van der Waals surface area contributed by atoms with E-state index >= 15 is 0 Å². The summed E-state index contributed by atoms with van der Waals surface area (Å²) in [6.45, 7) is 6.81. The molecule has 3 N–H and O–H groups in total. The minimum Gasteiger partial charge on any atom is -0.478 e. The van der Waals surface area contributed by atoms with Crippen LogP contribution in [0.25, 0.3) is 0 Å². The molecule has 0 saturated heterocycles. The van der Waals surface area contributed by atoms with E-state index in [0.717, 1.165) is 12.0 Å². The van der Waals surface area contributed by atoms with Crippen LogP contribution in [-0.2, 0) is 0 Å². The maximum absolute atomic E-state index is 11.8. The number of urea groups is 1. The number of aromatic carboxylic acids is 1. The van der Waals surface area contributed by atoms with Gasteiger partial charge >= 0.3 is 12.0 Å². The largest absolute Gasteiger partial charge is 0.478 e. The van der Waals surface area contributed by atoms with Crippen molar-refractivity contribution in [1.82, 2.24) is 5.32 Å². The quantitative estimate of drug-likeness (QED) is 0.791. The zero-order valence-corrected chi connectivity index (χ0v) is 12.0. The van der Waals surface area contributed by atoms with Crippen molar-refractivity contribution in [3.05, 3.63) is 29.3 Å². The number of carboxylic acid groups (broad SMARTS) is 1. The molecule has 1 aliphatic rings. The number of hydrogen-bond acceptors (Lipinski definition) is 2. The van der Waals surface area contributed by atoms with Crippen molar-refractivity contribution < 1.29 is 14.7 Å². The molecule has 2 rings (SSSR count). The molecule has 1 atom stereocenters. The lowest BCUT2D eigenvalue weighted by Gasteiger charge is -2.11. The smallest absolute Gasteiger partial charge is 0.335 e. The SMILES string of the molecule is Cc1cc(C(=O)O)ccc1NC(=O)NCC1CC1(C)C. The molecule has 0 aromatic heterocycles. The molecule has 1 saturated carbocycles. The predicted octanol–water partition coefficient (Wildman–Crippen LogP) is 2.86. The van der Waals surface area contributed by atoms with Gasteiger partial charge in [-0.3, -0.25) is 0 Å². The van der Waals surface area contributed by atoms with Gasteiger partial charge in [0.2, 0.25) is 0 Å². The van der Waals surface area contributed by atoms with E-state index in [1.165, 1.54) is 6.07 Å². The Balaban J connectivity index is 1.89. The number of carboxylic acids is 1. The summed E-state index contributed by atoms with van der Waals surface area (Å²) in [6.07, 6.45) is 1.14. The number of amides is 2. The molecule has 2 amide bonds. The van der Waals surface area contributed by atoms with Gasteiger partial charge in [-0.2, -0.15) is 0 Å². The Labute approximate surface area is 118 Å². The van der Waals surface area contributed by atoms with Crippen molar-refractivity contribution in [3.63, 3.8) is 0 Å². The topological polar surface area (TPSA) is 78.4 Å². The van der Waals surface area contributed by atoms with Gasteiger partial charge in [0.25, 0.3) is 0 Å². The monoisotopic (exact) mass is 276 g/mol. The highest BCUT2D eigenvalue weighted by Crippen LogP contribution is 2.50. The van der Waals surface area contributed by atoms with Gasteiger partial charge in [-0.1, -0.05) is 13.8 Å². The third-order valence-electron chi connectivity index (χ3n) is 3.95. The van der Waals surface area contributed by atoms with Crippen LogP contribution >= 0.6 is 0 Å². The van der Waals surface area contributed by atoms with Crippen molar-refractivity contribution in [2.24, 2.45) is 11.3 Å². The summed E-state index contributed by atoms with van der Waals surface area (Å²) in [7, 11) is 0. The predicted molar refractivity (Wildman–Crippen MR) is 77.0 cm³/mol. The number of hydrogen-bond donors (Lipinski definition) is 3. The molecule has 1 aromatic rings. The summed E-state index contributed by atoms with van der Waals surface area (Å²) in [5, 5.41) is 14.5. The third kappa shape index (κ3) is 3.29. The average Bonchev–Trinajstić information content (AvgIpc) is 2.97. The van der Waals surface area contributed by atoms with E-state index in [2.05, 4.69) is 24.5 Å². The molecule has 1 aliphatic carbocycles. The fourth-order valence-electron chi connectivity index (χ4n) is 2.24. The van der Waals surface area contributed by atoms with Gasteiger partial charge in [0.05, 0.1) is 5.56 Å². The number of aryl methyl sites for hydroxylation is 1. The second-order valence-corrected chi connectivity index (χ2v) is 6.06. The molecule has 1 fully saturated rings. The van der Waals surface area contributed by atoms with E-state index in [0.29, 0.717) is 23.6 Å². The first-order valence-corrected chi connectivity index (χ1v) is 6.68. The first-order valence-electron chi connectivity index (χ1n) is 6.68. The van der Waals surface area contributed by atoms with Gasteiger partial charge in [0, 0.05) is 12.2 Å². The maximum atomic E-state index is 11.8. The Morgan fingerprint density at radius 2 is 2.05 bits per heavy atom. The van der Waals surface area contributed by atoms with E-state index < -0.39 is 5.97 Å². The molecule has 20 heavy (non-hydrogen) atoms. The van der Waals surface area contributed by atoms with Crippen LogP contribution in [0.15, 0.2) is 18.2 Å². The number of benzene rings is 1. The van der Waals surface area contributed by atoms with E-state index in [4.69, 9.17) is 5.11 Å². The van der Waals surface area contributed by atoms with Crippen molar-refractivity contribution in [2.75, 3.05) is 11.9 Å². The highest BCUT2D eigenvalue weighted by Gasteiger charge is 2.45. The molecular weight excluding hydrogens is 256 g/mol. The molecule has 1 aromatic carbocycles. The van der Waals surface area contributed by atoms with Crippen LogP contribution in [0.3, 0.4) is 0 Å². The number of anilines is 1. The lowest BCUT2D eigenvalue weighted by molar-refractivity contribution is 0.0697. The Kier molecular flexibility index (Phi) is 3.70. The van der Waals surface area contributed by atoms with Gasteiger partial charge in [0.15, 0.2) is 0 Å². The summed E-state index contributed by atoms with van der Waals surface area (Å²) in [6, 6.07) is 4.38. The molecule has 5 nitrogen and oxygen atoms in total. The molecule has 1 unspecified atom stereocenters. The first-order chi connectivity index (χ1) is 9.29. The number of nitrogens with one attached hydrogen (secondary N) is 2. The van der Waals surface area contributed by atoms with Crippen molar-refractivity contribution in [2.45, 2.75) is 27.2 Å². The van der Waals surface area contributed by atoms with Gasteiger partial charge < -0.3 is 15.7 Å². The molecular formula is C15H20N2O3. The van der Waals surface area contributed by atoms with Crippen LogP contribution < -0.4 is 10.6 Å². The summed E-state index contributed by atoms with van der Waals surface area (Å²) in [5.74, 6) is -0.427. The van der Waals surface area contributed by atoms with Gasteiger partial charge in [0.1, 0.15) is 0 Å². The minimum absolute atomic E-state index is 0.216. The van der Waals surface area contributed by atoms with Crippen molar-refractivity contribution >= 4 is 17.7 Å². The van der Waals surface area contributed by atoms with E-state index in [1.54, 1.807) is 19.1 Å². The Bertz CT molecular complexity index is 552. The first kappa shape index (κ1) is 14.4. The maximum Gasteiger partial charge on any atom is 0.335 e. The van der Waals surface area contributed by atoms with Gasteiger partial charge in [-0.15, -0.1) is 0 Å². The molecule has 0 spiro atoms. The lowest BCUT2D eigenvalue weighted by atomic mass is 10.1. The van der Waals surface area contributed by atoms with E-state index in [1.807, 2.05) is 0 Å². The third-order valence-corrected chi connectivity index (χ3v) is 3.95. The van der Waals surface area contributed by atoms with E-state index in [9.17, 15) is 9.59 Å². The Hall–Kier alpha value is -2.04. The Morgan fingerprint density at radius 1 is 1.40 bits per heavy atom. The molecule has 0 heterocycles. The minimum atomic E-state index is -0.972. The second kappa shape index (κ2) is 5.15. The Morgan fingerprint density at radius 3 is 2.55 bits per heavy atom. The van der Waals surface area contributed by atoms with Crippen LogP contribution in [-0.4, -0.2) is 23.7 Å². The number of carbonyl (C=O) groups excluding carboxylic acids is 1. The summed E-state index contributed by atoms with van der Waals surface area (Å²) in [4.78, 5) is 22.6. The van der Waals surface area contributed by atoms with Crippen LogP contribution in [0.4, 0.5) is 10.5 Å². The zero-order chi connectivity index (χ0) is 14.9. The molecule has 5 heteroatoms.